The van der Waals surface area contributed by atoms with Crippen LogP contribution in [-0.2, 0) is 4.84 Å². The van der Waals surface area contributed by atoms with Gasteiger partial charge in [0.1, 0.15) is 11.9 Å². The van der Waals surface area contributed by atoms with Gasteiger partial charge in [0.25, 0.3) is 0 Å². The topological polar surface area (TPSA) is 83.9 Å². The summed E-state index contributed by atoms with van der Waals surface area (Å²) in [6.07, 6.45) is 3.56. The van der Waals surface area contributed by atoms with E-state index in [1.165, 1.54) is 12.8 Å². The smallest absolute Gasteiger partial charge is 0.428 e. The minimum Gasteiger partial charge on any atom is -0.497 e. The fraction of sp³-hybridized carbons (Fsp3) is 0.524. The second kappa shape index (κ2) is 7.93. The van der Waals surface area contributed by atoms with Crippen LogP contribution in [0.5, 0.6) is 5.75 Å². The normalized spacial score (nSPS) is 27.5. The molecule has 3 aliphatic rings. The first-order valence-corrected chi connectivity index (χ1v) is 9.92. The van der Waals surface area contributed by atoms with Crippen molar-refractivity contribution in [3.05, 3.63) is 36.0 Å². The van der Waals surface area contributed by atoms with E-state index in [1.54, 1.807) is 13.3 Å². The molecule has 1 aromatic heterocycles. The van der Waals surface area contributed by atoms with Crippen LogP contribution in [0, 0.1) is 11.8 Å². The molecule has 1 unspecified atom stereocenters. The van der Waals surface area contributed by atoms with Crippen LogP contribution in [-0.4, -0.2) is 47.3 Å². The Labute approximate surface area is 164 Å². The summed E-state index contributed by atoms with van der Waals surface area (Å²) >= 11 is 0. The molecule has 2 N–H and O–H groups in total. The van der Waals surface area contributed by atoms with Gasteiger partial charge in [-0.25, -0.2) is 4.79 Å². The van der Waals surface area contributed by atoms with Crippen molar-refractivity contribution in [2.24, 2.45) is 11.8 Å². The molecule has 3 fully saturated rings. The van der Waals surface area contributed by atoms with Gasteiger partial charge in [-0.05, 0) is 61.1 Å². The molecule has 7 heteroatoms. The number of aromatic nitrogens is 1. The van der Waals surface area contributed by atoms with Gasteiger partial charge in [0.05, 0.1) is 12.6 Å². The number of nitrogens with zero attached hydrogens (tertiary/aromatic N) is 2. The monoisotopic (exact) mass is 385 g/mol. The molecule has 2 aromatic rings. The molecule has 7 nitrogen and oxygen atoms in total. The second-order valence-corrected chi connectivity index (χ2v) is 7.74. The largest absolute Gasteiger partial charge is 0.497 e. The molecule has 0 spiro atoms. The van der Waals surface area contributed by atoms with Gasteiger partial charge in [-0.3, -0.25) is 14.7 Å². The SMILES string of the molecule is CC[C@H]1CN2CC[C@H]1C[C@H]2[C@H](ONC(=O)O)c1ccnc2ccc(OC)cc12. The van der Waals surface area contributed by atoms with Crippen LogP contribution in [0.4, 0.5) is 4.79 Å². The highest BCUT2D eigenvalue weighted by atomic mass is 16.7. The zero-order valence-electron chi connectivity index (χ0n) is 16.3. The number of amides is 1. The summed E-state index contributed by atoms with van der Waals surface area (Å²) in [7, 11) is 1.63. The van der Waals surface area contributed by atoms with E-state index < -0.39 is 12.2 Å². The minimum absolute atomic E-state index is 0.130. The van der Waals surface area contributed by atoms with Crippen LogP contribution in [0.1, 0.15) is 37.9 Å². The Morgan fingerprint density at radius 1 is 1.43 bits per heavy atom. The van der Waals surface area contributed by atoms with Gasteiger partial charge in [0.2, 0.25) is 0 Å². The molecule has 4 heterocycles. The molecule has 0 saturated carbocycles. The molecule has 3 saturated heterocycles. The number of pyridine rings is 1. The van der Waals surface area contributed by atoms with E-state index in [2.05, 4.69) is 22.3 Å². The summed E-state index contributed by atoms with van der Waals surface area (Å²) in [5.74, 6) is 2.12. The van der Waals surface area contributed by atoms with E-state index in [-0.39, 0.29) is 6.04 Å². The number of methoxy groups -OCH3 is 1. The summed E-state index contributed by atoms with van der Waals surface area (Å²) < 4.78 is 5.39. The average molecular weight is 385 g/mol. The summed E-state index contributed by atoms with van der Waals surface area (Å²) in [4.78, 5) is 23.8. The van der Waals surface area contributed by atoms with E-state index in [1.807, 2.05) is 24.3 Å². The van der Waals surface area contributed by atoms with Crippen molar-refractivity contribution in [3.8, 4) is 5.75 Å². The van der Waals surface area contributed by atoms with Crippen LogP contribution in [0.3, 0.4) is 0 Å². The zero-order chi connectivity index (χ0) is 19.7. The summed E-state index contributed by atoms with van der Waals surface area (Å²) in [6, 6.07) is 7.80. The minimum atomic E-state index is -1.19. The molecule has 1 amide bonds. The van der Waals surface area contributed by atoms with Crippen molar-refractivity contribution in [2.75, 3.05) is 20.2 Å². The number of fused-ring (bicyclic) bond motifs is 4. The van der Waals surface area contributed by atoms with Crippen LogP contribution in [0.2, 0.25) is 0 Å². The Balaban J connectivity index is 1.73. The maximum Gasteiger partial charge on any atom is 0.428 e. The first-order valence-electron chi connectivity index (χ1n) is 9.92. The Bertz CT molecular complexity index is 859. The fourth-order valence-electron chi connectivity index (χ4n) is 4.94. The van der Waals surface area contributed by atoms with Gasteiger partial charge in [-0.2, -0.15) is 5.48 Å². The highest BCUT2D eigenvalue weighted by Crippen LogP contribution is 2.43. The van der Waals surface area contributed by atoms with Crippen LogP contribution >= 0.6 is 0 Å². The van der Waals surface area contributed by atoms with Crippen molar-refractivity contribution in [3.63, 3.8) is 0 Å². The Kier molecular flexibility index (Phi) is 5.37. The zero-order valence-corrected chi connectivity index (χ0v) is 16.3. The molecule has 150 valence electrons. The first kappa shape index (κ1) is 19.0. The van der Waals surface area contributed by atoms with Crippen molar-refractivity contribution >= 4 is 17.0 Å². The summed E-state index contributed by atoms with van der Waals surface area (Å²) in [5.41, 5.74) is 3.93. The van der Waals surface area contributed by atoms with Gasteiger partial charge < -0.3 is 9.84 Å². The van der Waals surface area contributed by atoms with E-state index >= 15 is 0 Å². The highest BCUT2D eigenvalue weighted by Gasteiger charge is 2.44. The maximum atomic E-state index is 11.2. The lowest BCUT2D eigenvalue weighted by Gasteiger charge is -2.51. The average Bonchev–Trinajstić information content (AvgIpc) is 2.73. The lowest BCUT2D eigenvalue weighted by Crippen LogP contribution is -2.56. The molecule has 0 radical (unpaired) electrons. The highest BCUT2D eigenvalue weighted by molar-refractivity contribution is 5.84. The van der Waals surface area contributed by atoms with Gasteiger partial charge in [0, 0.05) is 24.2 Å². The van der Waals surface area contributed by atoms with Crippen LogP contribution in [0.25, 0.3) is 10.9 Å². The number of nitrogens with one attached hydrogen (secondary N) is 1. The van der Waals surface area contributed by atoms with Gasteiger partial charge in [-0.15, -0.1) is 0 Å². The maximum absolute atomic E-state index is 11.2. The third-order valence-electron chi connectivity index (χ3n) is 6.37. The number of hydrogen-bond donors (Lipinski definition) is 2. The Hall–Kier alpha value is -2.38. The molecule has 3 aliphatic heterocycles. The van der Waals surface area contributed by atoms with Crippen LogP contribution in [0.15, 0.2) is 30.5 Å². The number of ether oxygens (including phenoxy) is 1. The molecular weight excluding hydrogens is 358 g/mol. The number of carboxylic acid groups (broad SMARTS) is 1. The first-order chi connectivity index (χ1) is 13.6. The Morgan fingerprint density at radius 2 is 2.29 bits per heavy atom. The third-order valence-corrected chi connectivity index (χ3v) is 6.37. The molecule has 5 atom stereocenters. The summed E-state index contributed by atoms with van der Waals surface area (Å²) in [6.45, 7) is 4.33. The fourth-order valence-corrected chi connectivity index (χ4v) is 4.94. The molecule has 5 rings (SSSR count). The predicted octanol–water partition coefficient (Wildman–Crippen LogP) is 3.60. The number of carbonyl (C=O) groups is 1. The molecular formula is C21H27N3O4. The van der Waals surface area contributed by atoms with Gasteiger partial charge in [-0.1, -0.05) is 13.3 Å². The lowest BCUT2D eigenvalue weighted by molar-refractivity contribution is -0.107. The van der Waals surface area contributed by atoms with Crippen LogP contribution < -0.4 is 10.2 Å². The summed E-state index contributed by atoms with van der Waals surface area (Å²) in [5, 5.41) is 10.1. The third kappa shape index (κ3) is 3.52. The van der Waals surface area contributed by atoms with E-state index in [9.17, 15) is 4.79 Å². The predicted molar refractivity (Wildman–Crippen MR) is 105 cm³/mol. The number of hydroxylamine groups is 1. The number of rotatable bonds is 6. The van der Waals surface area contributed by atoms with Crippen molar-refractivity contribution < 1.29 is 19.5 Å². The molecule has 0 aliphatic carbocycles. The Morgan fingerprint density at radius 3 is 2.96 bits per heavy atom. The standard InChI is InChI=1S/C21H27N3O4/c1-3-13-12-24-9-7-14(13)10-19(24)20(28-23-21(25)26)16-6-8-22-18-5-4-15(27-2)11-17(16)18/h4-6,8,11,13-14,19-20,23H,3,7,9-10,12H2,1-2H3,(H,25,26)/t13-,14-,19-,20+/m0/s1. The number of piperidine rings is 3. The number of benzene rings is 1. The number of hydrogen-bond acceptors (Lipinski definition) is 5. The van der Waals surface area contributed by atoms with Crippen molar-refractivity contribution in [2.45, 2.75) is 38.3 Å². The van der Waals surface area contributed by atoms with Crippen molar-refractivity contribution in [1.29, 1.82) is 0 Å². The van der Waals surface area contributed by atoms with E-state index in [0.29, 0.717) is 11.8 Å². The van der Waals surface area contributed by atoms with Crippen molar-refractivity contribution in [1.82, 2.24) is 15.4 Å². The van der Waals surface area contributed by atoms with E-state index in [4.69, 9.17) is 14.7 Å². The van der Waals surface area contributed by atoms with Gasteiger partial charge >= 0.3 is 6.09 Å². The molecule has 1 aromatic carbocycles. The lowest BCUT2D eigenvalue weighted by atomic mass is 9.72. The quantitative estimate of drug-likeness (QED) is 0.739. The molecule has 2 bridgehead atoms. The van der Waals surface area contributed by atoms with Gasteiger partial charge in [0.15, 0.2) is 0 Å². The second-order valence-electron chi connectivity index (χ2n) is 7.74. The van der Waals surface area contributed by atoms with E-state index in [0.717, 1.165) is 41.7 Å². The molecule has 28 heavy (non-hydrogen) atoms.